The first-order valence-electron chi connectivity index (χ1n) is 10.4. The molecule has 0 aromatic heterocycles. The number of aldehydes is 1. The molecule has 3 rings (SSSR count). The van der Waals surface area contributed by atoms with E-state index in [0.29, 0.717) is 28.2 Å². The molecule has 7 heteroatoms. The fourth-order valence-electron chi connectivity index (χ4n) is 4.48. The molecule has 174 valence electrons. The summed E-state index contributed by atoms with van der Waals surface area (Å²) in [6.45, 7) is -0.901. The first-order chi connectivity index (χ1) is 15.9. The van der Waals surface area contributed by atoms with E-state index in [1.165, 1.54) is 14.2 Å². The Kier molecular flexibility index (Phi) is 7.50. The molecule has 0 radical (unpaired) electrons. The van der Waals surface area contributed by atoms with Gasteiger partial charge in [-0.3, -0.25) is 0 Å². The predicted molar refractivity (Wildman–Crippen MR) is 122 cm³/mol. The van der Waals surface area contributed by atoms with Crippen molar-refractivity contribution in [3.05, 3.63) is 95.6 Å². The van der Waals surface area contributed by atoms with Crippen molar-refractivity contribution >= 4 is 6.29 Å². The zero-order valence-electron chi connectivity index (χ0n) is 18.5. The van der Waals surface area contributed by atoms with Crippen molar-refractivity contribution in [2.45, 2.75) is 23.2 Å². The van der Waals surface area contributed by atoms with E-state index in [0.717, 1.165) is 0 Å². The summed E-state index contributed by atoms with van der Waals surface area (Å²) in [5, 5.41) is 43.8. The van der Waals surface area contributed by atoms with Crippen LogP contribution in [0.15, 0.2) is 78.9 Å². The van der Waals surface area contributed by atoms with Crippen molar-refractivity contribution in [1.29, 1.82) is 0 Å². The second-order valence-electron chi connectivity index (χ2n) is 7.68. The van der Waals surface area contributed by atoms with Gasteiger partial charge in [-0.15, -0.1) is 0 Å². The predicted octanol–water partition coefficient (Wildman–Crippen LogP) is 1.68. The van der Waals surface area contributed by atoms with Crippen LogP contribution in [0.25, 0.3) is 0 Å². The summed E-state index contributed by atoms with van der Waals surface area (Å²) >= 11 is 0. The number of aliphatic hydroxyl groups excluding tert-OH is 3. The molecule has 0 saturated heterocycles. The Hall–Kier alpha value is -3.23. The highest BCUT2D eigenvalue weighted by Gasteiger charge is 2.61. The lowest BCUT2D eigenvalue weighted by atomic mass is 9.56. The van der Waals surface area contributed by atoms with Gasteiger partial charge in [0, 0.05) is 0 Å². The van der Waals surface area contributed by atoms with Gasteiger partial charge in [0.25, 0.3) is 0 Å². The topological polar surface area (TPSA) is 116 Å². The molecule has 0 bridgehead atoms. The van der Waals surface area contributed by atoms with Gasteiger partial charge in [-0.2, -0.15) is 0 Å². The summed E-state index contributed by atoms with van der Waals surface area (Å²) < 4.78 is 10.5. The quantitative estimate of drug-likeness (QED) is 0.273. The average Bonchev–Trinajstić information content (AvgIpc) is 2.89. The van der Waals surface area contributed by atoms with Crippen molar-refractivity contribution in [2.24, 2.45) is 0 Å². The van der Waals surface area contributed by atoms with Gasteiger partial charge in [0.1, 0.15) is 29.3 Å². The van der Waals surface area contributed by atoms with Crippen molar-refractivity contribution < 1.29 is 34.7 Å². The highest BCUT2D eigenvalue weighted by molar-refractivity contribution is 5.65. The van der Waals surface area contributed by atoms with E-state index < -0.39 is 29.8 Å². The Balaban J connectivity index is 2.52. The summed E-state index contributed by atoms with van der Waals surface area (Å²) in [5.74, 6) is 1.11. The molecular formula is C26H28O7. The number of rotatable bonds is 10. The number of ether oxygens (including phenoxy) is 2. The van der Waals surface area contributed by atoms with Gasteiger partial charge in [-0.05, 0) is 41.0 Å². The van der Waals surface area contributed by atoms with Gasteiger partial charge >= 0.3 is 0 Å². The Morgan fingerprint density at radius 1 is 0.788 bits per heavy atom. The van der Waals surface area contributed by atoms with E-state index in [4.69, 9.17) is 9.47 Å². The molecule has 0 spiro atoms. The van der Waals surface area contributed by atoms with Gasteiger partial charge in [0.2, 0.25) is 0 Å². The molecule has 0 fully saturated rings. The van der Waals surface area contributed by atoms with Crippen LogP contribution in [0.4, 0.5) is 0 Å². The minimum absolute atomic E-state index is 0.156. The molecule has 0 aliphatic heterocycles. The molecule has 33 heavy (non-hydrogen) atoms. The first-order valence-corrected chi connectivity index (χ1v) is 10.4. The molecule has 3 aromatic carbocycles. The first kappa shape index (κ1) is 24.4. The number of benzene rings is 3. The maximum atomic E-state index is 12.1. The number of methoxy groups -OCH3 is 2. The molecule has 4 N–H and O–H groups in total. The molecule has 0 amide bonds. The number of carbonyl (C=O) groups excluding carboxylic acids is 1. The van der Waals surface area contributed by atoms with Crippen LogP contribution < -0.4 is 9.47 Å². The molecule has 0 aliphatic carbocycles. The second kappa shape index (κ2) is 10.1. The normalized spacial score (nSPS) is 15.2. The minimum Gasteiger partial charge on any atom is -0.497 e. The zero-order valence-corrected chi connectivity index (χ0v) is 18.5. The third-order valence-corrected chi connectivity index (χ3v) is 6.11. The lowest BCUT2D eigenvalue weighted by molar-refractivity contribution is -0.181. The fourth-order valence-corrected chi connectivity index (χ4v) is 4.48. The van der Waals surface area contributed by atoms with Crippen LogP contribution in [0.2, 0.25) is 0 Å². The SMILES string of the molecule is COc1ccc(C(c2ccccc2)(c2ccc(OC)cc2)[C@@](O)([C@H](O)CO)[C@@H](O)C=O)cc1. The smallest absolute Gasteiger partial charge is 0.151 e. The maximum Gasteiger partial charge on any atom is 0.151 e. The molecule has 3 aromatic rings. The molecule has 7 nitrogen and oxygen atoms in total. The third kappa shape index (κ3) is 4.00. The summed E-state index contributed by atoms with van der Waals surface area (Å²) in [4.78, 5) is 11.9. The van der Waals surface area contributed by atoms with E-state index in [1.54, 1.807) is 78.9 Å². The van der Waals surface area contributed by atoms with Crippen LogP contribution >= 0.6 is 0 Å². The van der Waals surface area contributed by atoms with Gasteiger partial charge in [0.05, 0.1) is 26.2 Å². The molecule has 0 heterocycles. The van der Waals surface area contributed by atoms with Gasteiger partial charge < -0.3 is 34.7 Å². The largest absolute Gasteiger partial charge is 0.497 e. The molecule has 0 aliphatic rings. The zero-order chi connectivity index (χ0) is 24.1. The monoisotopic (exact) mass is 452 g/mol. The van der Waals surface area contributed by atoms with E-state index in [9.17, 15) is 25.2 Å². The van der Waals surface area contributed by atoms with Gasteiger partial charge in [-0.1, -0.05) is 54.6 Å². The summed E-state index contributed by atoms with van der Waals surface area (Å²) in [5.41, 5.74) is -2.86. The number of hydrogen-bond donors (Lipinski definition) is 4. The highest BCUT2D eigenvalue weighted by atomic mass is 16.5. The Labute approximate surface area is 192 Å². The van der Waals surface area contributed by atoms with Crippen molar-refractivity contribution in [3.63, 3.8) is 0 Å². The van der Waals surface area contributed by atoms with E-state index >= 15 is 0 Å². The van der Waals surface area contributed by atoms with Crippen molar-refractivity contribution in [1.82, 2.24) is 0 Å². The number of hydrogen-bond acceptors (Lipinski definition) is 7. The standard InChI is InChI=1S/C26H28O7/c1-32-21-12-8-19(9-13-21)25(18-6-4-3-5-7-18,20-10-14-22(33-2)15-11-20)26(31,23(29)16-27)24(30)17-28/h3-16,23-24,28-31H,17H2,1-2H3/t23-,24+,26-/m0/s1. The van der Waals surface area contributed by atoms with Crippen LogP contribution in [-0.2, 0) is 10.2 Å². The number of aliphatic hydroxyl groups is 4. The number of carbonyl (C=O) groups is 1. The summed E-state index contributed by atoms with van der Waals surface area (Å²) in [7, 11) is 3.04. The van der Waals surface area contributed by atoms with Crippen LogP contribution in [0.3, 0.4) is 0 Å². The molecular weight excluding hydrogens is 424 g/mol. The molecule has 0 saturated carbocycles. The summed E-state index contributed by atoms with van der Waals surface area (Å²) in [6.07, 6.45) is -3.78. The van der Waals surface area contributed by atoms with E-state index in [1.807, 2.05) is 0 Å². The lowest BCUT2D eigenvalue weighted by Gasteiger charge is -2.51. The minimum atomic E-state index is -2.56. The summed E-state index contributed by atoms with van der Waals surface area (Å²) in [6, 6.07) is 22.2. The molecule has 0 unspecified atom stereocenters. The lowest BCUT2D eigenvalue weighted by Crippen LogP contribution is -2.67. The Bertz CT molecular complexity index is 987. The fraction of sp³-hybridized carbons (Fsp3) is 0.269. The van der Waals surface area contributed by atoms with Gasteiger partial charge in [-0.25, -0.2) is 0 Å². The van der Waals surface area contributed by atoms with Gasteiger partial charge in [0.15, 0.2) is 6.29 Å². The Morgan fingerprint density at radius 3 is 1.58 bits per heavy atom. The van der Waals surface area contributed by atoms with Crippen LogP contribution in [-0.4, -0.2) is 65.3 Å². The second-order valence-corrected chi connectivity index (χ2v) is 7.68. The van der Waals surface area contributed by atoms with Crippen LogP contribution in [0, 0.1) is 0 Å². The maximum absolute atomic E-state index is 12.1. The highest BCUT2D eigenvalue weighted by Crippen LogP contribution is 2.50. The average molecular weight is 453 g/mol. The van der Waals surface area contributed by atoms with E-state index in [2.05, 4.69) is 0 Å². The van der Waals surface area contributed by atoms with E-state index in [-0.39, 0.29) is 6.29 Å². The van der Waals surface area contributed by atoms with Crippen LogP contribution in [0.5, 0.6) is 11.5 Å². The third-order valence-electron chi connectivity index (χ3n) is 6.11. The van der Waals surface area contributed by atoms with Crippen molar-refractivity contribution in [2.75, 3.05) is 20.8 Å². The Morgan fingerprint density at radius 2 is 1.21 bits per heavy atom. The molecule has 3 atom stereocenters. The van der Waals surface area contributed by atoms with Crippen molar-refractivity contribution in [3.8, 4) is 11.5 Å². The van der Waals surface area contributed by atoms with Crippen LogP contribution in [0.1, 0.15) is 16.7 Å².